The summed E-state index contributed by atoms with van der Waals surface area (Å²) in [5.41, 5.74) is 0. The maximum Gasteiger partial charge on any atom is 0.134 e. The number of likely N-dealkylation sites (N-methyl/N-ethyl adjacent to an activating group) is 1. The van der Waals surface area contributed by atoms with E-state index in [0.717, 1.165) is 37.1 Å². The number of hydrogen-bond acceptors (Lipinski definition) is 5. The molecule has 1 unspecified atom stereocenters. The minimum absolute atomic E-state index is 0.534. The Hall–Kier alpha value is -1.36. The Bertz CT molecular complexity index is 412. The van der Waals surface area contributed by atoms with Crippen molar-refractivity contribution in [1.82, 2.24) is 15.3 Å². The molecule has 5 nitrogen and oxygen atoms in total. The number of anilines is 2. The quantitative estimate of drug-likeness (QED) is 0.846. The van der Waals surface area contributed by atoms with Gasteiger partial charge in [0.05, 0.1) is 0 Å². The molecule has 1 aliphatic heterocycles. The summed E-state index contributed by atoms with van der Waals surface area (Å²) >= 11 is 0. The second-order valence-corrected chi connectivity index (χ2v) is 5.69. The molecular formula is C14H25N5. The minimum atomic E-state index is 0.534. The number of nitrogens with one attached hydrogen (secondary N) is 2. The van der Waals surface area contributed by atoms with Gasteiger partial charge in [-0.15, -0.1) is 0 Å². The zero-order valence-electron chi connectivity index (χ0n) is 12.4. The summed E-state index contributed by atoms with van der Waals surface area (Å²) in [5.74, 6) is 3.36. The molecule has 1 aliphatic rings. The van der Waals surface area contributed by atoms with Gasteiger partial charge in [-0.3, -0.25) is 0 Å². The number of hydrogen-bond donors (Lipinski definition) is 2. The smallest absolute Gasteiger partial charge is 0.134 e. The first-order valence-corrected chi connectivity index (χ1v) is 7.09. The van der Waals surface area contributed by atoms with Crippen LogP contribution < -0.4 is 15.5 Å². The van der Waals surface area contributed by atoms with Gasteiger partial charge in [0.2, 0.25) is 0 Å². The number of aryl methyl sites for hydroxylation is 1. The molecule has 2 rings (SSSR count). The molecule has 5 heteroatoms. The number of aromatic nitrogens is 2. The van der Waals surface area contributed by atoms with Gasteiger partial charge >= 0.3 is 0 Å². The largest absolute Gasteiger partial charge is 0.370 e. The molecule has 1 saturated heterocycles. The monoisotopic (exact) mass is 263 g/mol. The second-order valence-electron chi connectivity index (χ2n) is 5.69. The van der Waals surface area contributed by atoms with Gasteiger partial charge in [-0.05, 0) is 25.8 Å². The summed E-state index contributed by atoms with van der Waals surface area (Å²) in [5, 5.41) is 6.77. The van der Waals surface area contributed by atoms with Crippen molar-refractivity contribution in [3.63, 3.8) is 0 Å². The summed E-state index contributed by atoms with van der Waals surface area (Å²) < 4.78 is 0. The molecule has 0 spiro atoms. The van der Waals surface area contributed by atoms with Crippen molar-refractivity contribution >= 4 is 11.6 Å². The third kappa shape index (κ3) is 3.80. The Balaban J connectivity index is 2.11. The van der Waals surface area contributed by atoms with Gasteiger partial charge in [0.15, 0.2) is 0 Å². The minimum Gasteiger partial charge on any atom is -0.370 e. The lowest BCUT2D eigenvalue weighted by Gasteiger charge is -2.25. The normalized spacial score (nSPS) is 18.9. The number of nitrogens with zero attached hydrogens (tertiary/aromatic N) is 3. The van der Waals surface area contributed by atoms with Gasteiger partial charge in [-0.25, -0.2) is 9.97 Å². The SMILES string of the molecule is Cc1nc(NCC(C)C)cc(N(C)C2CCNC2)n1. The van der Waals surface area contributed by atoms with Gasteiger partial charge in [-0.2, -0.15) is 0 Å². The summed E-state index contributed by atoms with van der Waals surface area (Å²) in [7, 11) is 2.12. The third-order valence-electron chi connectivity index (χ3n) is 3.46. The fourth-order valence-electron chi connectivity index (χ4n) is 2.29. The molecular weight excluding hydrogens is 238 g/mol. The molecule has 0 aromatic carbocycles. The predicted molar refractivity (Wildman–Crippen MR) is 79.8 cm³/mol. The van der Waals surface area contributed by atoms with E-state index < -0.39 is 0 Å². The molecule has 1 fully saturated rings. The molecule has 2 N–H and O–H groups in total. The topological polar surface area (TPSA) is 53.1 Å². The van der Waals surface area contributed by atoms with E-state index in [4.69, 9.17) is 0 Å². The Morgan fingerprint density at radius 1 is 1.47 bits per heavy atom. The summed E-state index contributed by atoms with van der Waals surface area (Å²) in [6.07, 6.45) is 1.17. The van der Waals surface area contributed by atoms with Crippen LogP contribution in [0.2, 0.25) is 0 Å². The fourth-order valence-corrected chi connectivity index (χ4v) is 2.29. The van der Waals surface area contributed by atoms with E-state index in [9.17, 15) is 0 Å². The van der Waals surface area contributed by atoms with E-state index in [-0.39, 0.29) is 0 Å². The molecule has 0 amide bonds. The summed E-state index contributed by atoms with van der Waals surface area (Å²) in [4.78, 5) is 11.3. The summed E-state index contributed by atoms with van der Waals surface area (Å²) in [6.45, 7) is 9.40. The molecule has 1 atom stereocenters. The van der Waals surface area contributed by atoms with Crippen LogP contribution in [0.5, 0.6) is 0 Å². The zero-order valence-corrected chi connectivity index (χ0v) is 12.4. The van der Waals surface area contributed by atoms with Crippen molar-refractivity contribution in [1.29, 1.82) is 0 Å². The van der Waals surface area contributed by atoms with E-state index in [1.54, 1.807) is 0 Å². The van der Waals surface area contributed by atoms with Crippen LogP contribution in [0.25, 0.3) is 0 Å². The Morgan fingerprint density at radius 2 is 2.26 bits per heavy atom. The standard InChI is InChI=1S/C14H25N5/c1-10(2)8-16-13-7-14(18-11(3)17-13)19(4)12-5-6-15-9-12/h7,10,12,15H,5-6,8-9H2,1-4H3,(H,16,17,18). The van der Waals surface area contributed by atoms with Crippen molar-refractivity contribution in [2.24, 2.45) is 5.92 Å². The van der Waals surface area contributed by atoms with E-state index in [2.05, 4.69) is 46.4 Å². The lowest BCUT2D eigenvalue weighted by molar-refractivity contribution is 0.673. The van der Waals surface area contributed by atoms with Crippen molar-refractivity contribution in [2.45, 2.75) is 33.2 Å². The molecule has 0 aliphatic carbocycles. The van der Waals surface area contributed by atoms with Gasteiger partial charge in [0, 0.05) is 32.2 Å². The Morgan fingerprint density at radius 3 is 2.89 bits per heavy atom. The van der Waals surface area contributed by atoms with Crippen LogP contribution >= 0.6 is 0 Å². The van der Waals surface area contributed by atoms with Crippen molar-refractivity contribution < 1.29 is 0 Å². The molecule has 19 heavy (non-hydrogen) atoms. The Kier molecular flexibility index (Phi) is 4.58. The van der Waals surface area contributed by atoms with Crippen molar-refractivity contribution in [2.75, 3.05) is 36.9 Å². The molecule has 106 valence electrons. The summed E-state index contributed by atoms with van der Waals surface area (Å²) in [6, 6.07) is 2.58. The van der Waals surface area contributed by atoms with Crippen LogP contribution in [0, 0.1) is 12.8 Å². The second kappa shape index (κ2) is 6.19. The third-order valence-corrected chi connectivity index (χ3v) is 3.46. The predicted octanol–water partition coefficient (Wildman–Crippen LogP) is 1.65. The van der Waals surface area contributed by atoms with Crippen molar-refractivity contribution in [3.8, 4) is 0 Å². The molecule has 1 aromatic heterocycles. The van der Waals surface area contributed by atoms with E-state index in [1.165, 1.54) is 6.42 Å². The lowest BCUT2D eigenvalue weighted by Crippen LogP contribution is -2.34. The molecule has 0 saturated carbocycles. The maximum atomic E-state index is 4.55. The number of rotatable bonds is 5. The highest BCUT2D eigenvalue weighted by molar-refractivity contribution is 5.49. The first-order chi connectivity index (χ1) is 9.06. The maximum absolute atomic E-state index is 4.55. The van der Waals surface area contributed by atoms with Crippen LogP contribution in [0.4, 0.5) is 11.6 Å². The highest BCUT2D eigenvalue weighted by atomic mass is 15.2. The highest BCUT2D eigenvalue weighted by Crippen LogP contribution is 2.19. The van der Waals surface area contributed by atoms with Crippen LogP contribution in [0.1, 0.15) is 26.1 Å². The van der Waals surface area contributed by atoms with Crippen LogP contribution in [-0.2, 0) is 0 Å². The average Bonchev–Trinajstić information content (AvgIpc) is 2.88. The van der Waals surface area contributed by atoms with E-state index in [0.29, 0.717) is 12.0 Å². The fraction of sp³-hybridized carbons (Fsp3) is 0.714. The molecule has 0 bridgehead atoms. The van der Waals surface area contributed by atoms with Gasteiger partial charge < -0.3 is 15.5 Å². The van der Waals surface area contributed by atoms with Crippen LogP contribution in [0.3, 0.4) is 0 Å². The zero-order chi connectivity index (χ0) is 13.8. The van der Waals surface area contributed by atoms with Gasteiger partial charge in [-0.1, -0.05) is 13.8 Å². The first kappa shape index (κ1) is 14.1. The highest BCUT2D eigenvalue weighted by Gasteiger charge is 2.20. The van der Waals surface area contributed by atoms with Crippen LogP contribution in [-0.4, -0.2) is 42.7 Å². The molecule has 1 aromatic rings. The molecule has 2 heterocycles. The van der Waals surface area contributed by atoms with Crippen molar-refractivity contribution in [3.05, 3.63) is 11.9 Å². The van der Waals surface area contributed by atoms with E-state index >= 15 is 0 Å². The van der Waals surface area contributed by atoms with Gasteiger partial charge in [0.25, 0.3) is 0 Å². The molecule has 0 radical (unpaired) electrons. The average molecular weight is 263 g/mol. The van der Waals surface area contributed by atoms with E-state index in [1.807, 2.05) is 13.0 Å². The first-order valence-electron chi connectivity index (χ1n) is 7.09. The van der Waals surface area contributed by atoms with Crippen LogP contribution in [0.15, 0.2) is 6.07 Å². The lowest BCUT2D eigenvalue weighted by atomic mass is 10.2. The Labute approximate surface area is 115 Å². The van der Waals surface area contributed by atoms with Gasteiger partial charge in [0.1, 0.15) is 17.5 Å².